The van der Waals surface area contributed by atoms with Crippen molar-refractivity contribution in [2.75, 3.05) is 11.9 Å². The van der Waals surface area contributed by atoms with Crippen LogP contribution in [0.4, 0.5) is 5.69 Å². The Morgan fingerprint density at radius 2 is 1.89 bits per heavy atom. The summed E-state index contributed by atoms with van der Waals surface area (Å²) in [6.07, 6.45) is 0.983. The maximum absolute atomic E-state index is 8.88. The molecular weight excluding hydrogens is 220 g/mol. The first kappa shape index (κ1) is 12.2. The highest BCUT2D eigenvalue weighted by molar-refractivity contribution is 5.55. The van der Waals surface area contributed by atoms with Gasteiger partial charge < -0.3 is 5.32 Å². The van der Waals surface area contributed by atoms with Crippen molar-refractivity contribution in [1.82, 2.24) is 0 Å². The second kappa shape index (κ2) is 5.88. The monoisotopic (exact) mass is 236 g/mol. The third-order valence-electron chi connectivity index (χ3n) is 2.94. The second-order valence-corrected chi connectivity index (χ2v) is 4.30. The molecule has 2 heteroatoms. The van der Waals surface area contributed by atoms with E-state index < -0.39 is 0 Å². The molecule has 0 radical (unpaired) electrons. The molecule has 0 aliphatic carbocycles. The Bertz CT molecular complexity index is 553. The number of hydrogen-bond acceptors (Lipinski definition) is 2. The molecule has 1 N–H and O–H groups in total. The van der Waals surface area contributed by atoms with Crippen LogP contribution in [-0.4, -0.2) is 6.54 Å². The fourth-order valence-corrected chi connectivity index (χ4v) is 1.87. The Labute approximate surface area is 108 Å². The predicted octanol–water partition coefficient (Wildman–Crippen LogP) is 3.52. The Hall–Kier alpha value is -2.27. The lowest BCUT2D eigenvalue weighted by atomic mass is 10.1. The molecule has 2 rings (SSSR count). The topological polar surface area (TPSA) is 35.8 Å². The van der Waals surface area contributed by atoms with Gasteiger partial charge in [-0.15, -0.1) is 0 Å². The first-order valence-corrected chi connectivity index (χ1v) is 6.08. The summed E-state index contributed by atoms with van der Waals surface area (Å²) in [6.45, 7) is 2.92. The molecule has 2 nitrogen and oxygen atoms in total. The van der Waals surface area contributed by atoms with Crippen LogP contribution in [0.5, 0.6) is 0 Å². The summed E-state index contributed by atoms with van der Waals surface area (Å²) in [5.41, 5.74) is 4.23. The van der Waals surface area contributed by atoms with Gasteiger partial charge in [0.1, 0.15) is 0 Å². The number of hydrogen-bond donors (Lipinski definition) is 1. The van der Waals surface area contributed by atoms with Gasteiger partial charge in [0.15, 0.2) is 0 Å². The number of nitriles is 1. The fourth-order valence-electron chi connectivity index (χ4n) is 1.87. The highest BCUT2D eigenvalue weighted by Crippen LogP contribution is 2.16. The lowest BCUT2D eigenvalue weighted by Crippen LogP contribution is -2.06. The summed E-state index contributed by atoms with van der Waals surface area (Å²) in [7, 11) is 0. The van der Waals surface area contributed by atoms with Crippen molar-refractivity contribution in [2.24, 2.45) is 0 Å². The van der Waals surface area contributed by atoms with Gasteiger partial charge in [-0.25, -0.2) is 0 Å². The molecule has 0 bridgehead atoms. The molecule has 0 saturated carbocycles. The number of aryl methyl sites for hydroxylation is 1. The van der Waals surface area contributed by atoms with E-state index in [4.69, 9.17) is 5.26 Å². The van der Waals surface area contributed by atoms with E-state index in [2.05, 4.69) is 35.7 Å². The van der Waals surface area contributed by atoms with E-state index in [9.17, 15) is 0 Å². The first-order chi connectivity index (χ1) is 8.79. The SMILES string of the molecule is Cc1ccc(C#N)cc1NCCc1ccccc1. The Kier molecular flexibility index (Phi) is 3.98. The molecule has 0 aliphatic heterocycles. The van der Waals surface area contributed by atoms with Crippen LogP contribution in [0.3, 0.4) is 0 Å². The summed E-state index contributed by atoms with van der Waals surface area (Å²) >= 11 is 0. The van der Waals surface area contributed by atoms with E-state index in [0.717, 1.165) is 18.7 Å². The maximum Gasteiger partial charge on any atom is 0.0992 e. The second-order valence-electron chi connectivity index (χ2n) is 4.30. The first-order valence-electron chi connectivity index (χ1n) is 6.08. The van der Waals surface area contributed by atoms with Crippen molar-refractivity contribution >= 4 is 5.69 Å². The molecule has 2 aromatic rings. The molecular formula is C16H16N2. The van der Waals surface area contributed by atoms with Crippen molar-refractivity contribution in [3.05, 3.63) is 65.2 Å². The van der Waals surface area contributed by atoms with Gasteiger partial charge in [-0.2, -0.15) is 5.26 Å². The molecule has 0 unspecified atom stereocenters. The zero-order valence-corrected chi connectivity index (χ0v) is 10.5. The molecule has 0 heterocycles. The van der Waals surface area contributed by atoms with Crippen LogP contribution in [-0.2, 0) is 6.42 Å². The van der Waals surface area contributed by atoms with Gasteiger partial charge in [-0.3, -0.25) is 0 Å². The van der Waals surface area contributed by atoms with Gasteiger partial charge in [0, 0.05) is 12.2 Å². The number of benzene rings is 2. The van der Waals surface area contributed by atoms with E-state index in [1.54, 1.807) is 0 Å². The van der Waals surface area contributed by atoms with Crippen molar-refractivity contribution in [2.45, 2.75) is 13.3 Å². The summed E-state index contributed by atoms with van der Waals surface area (Å²) in [5, 5.41) is 12.3. The Morgan fingerprint density at radius 3 is 2.61 bits per heavy atom. The molecule has 0 spiro atoms. The highest BCUT2D eigenvalue weighted by Gasteiger charge is 1.99. The van der Waals surface area contributed by atoms with Crippen molar-refractivity contribution in [3.63, 3.8) is 0 Å². The van der Waals surface area contributed by atoms with Gasteiger partial charge in [0.2, 0.25) is 0 Å². The number of anilines is 1. The van der Waals surface area contributed by atoms with Crippen molar-refractivity contribution in [1.29, 1.82) is 5.26 Å². The maximum atomic E-state index is 8.88. The lowest BCUT2D eigenvalue weighted by molar-refractivity contribution is 1.02. The minimum atomic E-state index is 0.697. The summed E-state index contributed by atoms with van der Waals surface area (Å²) < 4.78 is 0. The number of nitrogens with zero attached hydrogens (tertiary/aromatic N) is 1. The van der Waals surface area contributed by atoms with Gasteiger partial charge in [-0.1, -0.05) is 36.4 Å². The van der Waals surface area contributed by atoms with Crippen LogP contribution >= 0.6 is 0 Å². The third-order valence-corrected chi connectivity index (χ3v) is 2.94. The van der Waals surface area contributed by atoms with Crippen LogP contribution in [0.2, 0.25) is 0 Å². The highest BCUT2D eigenvalue weighted by atomic mass is 14.9. The van der Waals surface area contributed by atoms with E-state index >= 15 is 0 Å². The summed E-state index contributed by atoms with van der Waals surface area (Å²) in [5.74, 6) is 0. The molecule has 0 aliphatic rings. The Balaban J connectivity index is 1.96. The van der Waals surface area contributed by atoms with Crippen molar-refractivity contribution < 1.29 is 0 Å². The van der Waals surface area contributed by atoms with E-state index in [1.807, 2.05) is 31.2 Å². The average molecular weight is 236 g/mol. The molecule has 0 atom stereocenters. The molecule has 0 saturated heterocycles. The van der Waals surface area contributed by atoms with E-state index in [-0.39, 0.29) is 0 Å². The van der Waals surface area contributed by atoms with Gasteiger partial charge >= 0.3 is 0 Å². The molecule has 0 fully saturated rings. The zero-order chi connectivity index (χ0) is 12.8. The summed E-state index contributed by atoms with van der Waals surface area (Å²) in [6, 6.07) is 18.3. The molecule has 2 aromatic carbocycles. The number of nitrogens with one attached hydrogen (secondary N) is 1. The van der Waals surface area contributed by atoms with Crippen LogP contribution in [0.1, 0.15) is 16.7 Å². The molecule has 90 valence electrons. The van der Waals surface area contributed by atoms with Gasteiger partial charge in [0.25, 0.3) is 0 Å². The van der Waals surface area contributed by atoms with Gasteiger partial charge in [-0.05, 0) is 36.6 Å². The zero-order valence-electron chi connectivity index (χ0n) is 10.5. The number of rotatable bonds is 4. The largest absolute Gasteiger partial charge is 0.384 e. The van der Waals surface area contributed by atoms with Crippen LogP contribution in [0.25, 0.3) is 0 Å². The van der Waals surface area contributed by atoms with E-state index in [0.29, 0.717) is 5.56 Å². The standard InChI is InChI=1S/C16H16N2/c1-13-7-8-15(12-17)11-16(13)18-10-9-14-5-3-2-4-6-14/h2-8,11,18H,9-10H2,1H3. The lowest BCUT2D eigenvalue weighted by Gasteiger charge is -2.09. The summed E-state index contributed by atoms with van der Waals surface area (Å²) in [4.78, 5) is 0. The van der Waals surface area contributed by atoms with Crippen LogP contribution in [0, 0.1) is 18.3 Å². The van der Waals surface area contributed by atoms with E-state index in [1.165, 1.54) is 11.1 Å². The van der Waals surface area contributed by atoms with Crippen molar-refractivity contribution in [3.8, 4) is 6.07 Å². The molecule has 0 amide bonds. The Morgan fingerprint density at radius 1 is 1.11 bits per heavy atom. The van der Waals surface area contributed by atoms with Crippen LogP contribution < -0.4 is 5.32 Å². The normalized spacial score (nSPS) is 9.78. The average Bonchev–Trinajstić information content (AvgIpc) is 2.42. The predicted molar refractivity (Wildman–Crippen MR) is 74.5 cm³/mol. The van der Waals surface area contributed by atoms with Crippen LogP contribution in [0.15, 0.2) is 48.5 Å². The molecule has 18 heavy (non-hydrogen) atoms. The van der Waals surface area contributed by atoms with Gasteiger partial charge in [0.05, 0.1) is 11.6 Å². The minimum absolute atomic E-state index is 0.697. The third kappa shape index (κ3) is 3.11. The minimum Gasteiger partial charge on any atom is -0.384 e. The smallest absolute Gasteiger partial charge is 0.0992 e. The molecule has 0 aromatic heterocycles. The fraction of sp³-hybridized carbons (Fsp3) is 0.188. The quantitative estimate of drug-likeness (QED) is 0.881.